The standard InChI is InChI=1S/C23H16N2OS/c1-26-20-13-14-21-22(15-20)27-23(25-21)24-16-19-11-9-18(10-12-19)8-7-17-5-3-2-4-6-17/h2-6,9-16H,1H3. The summed E-state index contributed by atoms with van der Waals surface area (Å²) < 4.78 is 6.31. The van der Waals surface area contributed by atoms with E-state index in [-0.39, 0.29) is 0 Å². The third-order valence-electron chi connectivity index (χ3n) is 3.94. The van der Waals surface area contributed by atoms with Crippen molar-refractivity contribution in [3.05, 3.63) is 89.5 Å². The first-order valence-corrected chi connectivity index (χ1v) is 9.27. The van der Waals surface area contributed by atoms with Crippen molar-refractivity contribution < 1.29 is 4.74 Å². The fraction of sp³-hybridized carbons (Fsp3) is 0.0435. The Morgan fingerprint density at radius 1 is 0.926 bits per heavy atom. The summed E-state index contributed by atoms with van der Waals surface area (Å²) in [4.78, 5) is 9.02. The molecule has 3 nitrogen and oxygen atoms in total. The van der Waals surface area contributed by atoms with Gasteiger partial charge in [-0.1, -0.05) is 53.5 Å². The number of benzene rings is 3. The van der Waals surface area contributed by atoms with Crippen molar-refractivity contribution >= 4 is 32.9 Å². The molecule has 0 bridgehead atoms. The Balaban J connectivity index is 1.49. The number of rotatable bonds is 3. The normalized spacial score (nSPS) is 10.7. The predicted octanol–water partition coefficient (Wildman–Crippen LogP) is 5.46. The lowest BCUT2D eigenvalue weighted by atomic mass is 10.1. The number of hydrogen-bond acceptors (Lipinski definition) is 4. The van der Waals surface area contributed by atoms with Crippen LogP contribution in [0.1, 0.15) is 16.7 Å². The van der Waals surface area contributed by atoms with Crippen LogP contribution in [0.3, 0.4) is 0 Å². The molecule has 1 heterocycles. The summed E-state index contributed by atoms with van der Waals surface area (Å²) >= 11 is 1.54. The third kappa shape index (κ3) is 4.22. The number of thiazole rings is 1. The molecule has 0 fully saturated rings. The van der Waals surface area contributed by atoms with Crippen LogP contribution in [0.15, 0.2) is 77.8 Å². The SMILES string of the molecule is COc1ccc2nc(N=Cc3ccc(C#Cc4ccccc4)cc3)sc2c1. The molecule has 4 aromatic rings. The van der Waals surface area contributed by atoms with Crippen molar-refractivity contribution in [2.24, 2.45) is 4.99 Å². The molecule has 130 valence electrons. The average Bonchev–Trinajstić information content (AvgIpc) is 3.14. The van der Waals surface area contributed by atoms with Gasteiger partial charge in [-0.25, -0.2) is 9.98 Å². The quantitative estimate of drug-likeness (QED) is 0.356. The van der Waals surface area contributed by atoms with Crippen molar-refractivity contribution in [3.63, 3.8) is 0 Å². The second-order valence-electron chi connectivity index (χ2n) is 5.83. The number of fused-ring (bicyclic) bond motifs is 1. The Hall–Kier alpha value is -3.42. The summed E-state index contributed by atoms with van der Waals surface area (Å²) in [6.07, 6.45) is 1.82. The maximum absolute atomic E-state index is 5.25. The molecule has 0 amide bonds. The second kappa shape index (κ2) is 7.86. The lowest BCUT2D eigenvalue weighted by Crippen LogP contribution is -1.81. The maximum atomic E-state index is 5.25. The second-order valence-corrected chi connectivity index (χ2v) is 6.84. The fourth-order valence-corrected chi connectivity index (χ4v) is 3.36. The molecular formula is C23H16N2OS. The van der Waals surface area contributed by atoms with Crippen molar-refractivity contribution in [3.8, 4) is 17.6 Å². The van der Waals surface area contributed by atoms with E-state index in [1.807, 2.05) is 79.0 Å². The smallest absolute Gasteiger partial charge is 0.210 e. The molecule has 0 saturated heterocycles. The summed E-state index contributed by atoms with van der Waals surface area (Å²) in [5.41, 5.74) is 3.93. The zero-order chi connectivity index (χ0) is 18.5. The van der Waals surface area contributed by atoms with Crippen LogP contribution >= 0.6 is 11.3 Å². The lowest BCUT2D eigenvalue weighted by Gasteiger charge is -1.96. The largest absolute Gasteiger partial charge is 0.497 e. The summed E-state index contributed by atoms with van der Waals surface area (Å²) in [5.74, 6) is 7.16. The Bertz CT molecular complexity index is 1150. The molecule has 0 aliphatic rings. The van der Waals surface area contributed by atoms with Crippen LogP contribution in [0.2, 0.25) is 0 Å². The fourth-order valence-electron chi connectivity index (χ4n) is 2.52. The van der Waals surface area contributed by atoms with Crippen LogP contribution in [0.25, 0.3) is 10.2 Å². The van der Waals surface area contributed by atoms with Gasteiger partial charge >= 0.3 is 0 Å². The number of aliphatic imine (C=N–C) groups is 1. The zero-order valence-electron chi connectivity index (χ0n) is 14.7. The minimum atomic E-state index is 0.728. The van der Waals surface area contributed by atoms with E-state index in [1.165, 1.54) is 0 Å². The number of ether oxygens (including phenoxy) is 1. The van der Waals surface area contributed by atoms with Crippen LogP contribution in [0.4, 0.5) is 5.13 Å². The van der Waals surface area contributed by atoms with Gasteiger partial charge in [-0.15, -0.1) is 0 Å². The highest BCUT2D eigenvalue weighted by Crippen LogP contribution is 2.30. The summed E-state index contributed by atoms with van der Waals surface area (Å²) in [6, 6.07) is 23.8. The minimum absolute atomic E-state index is 0.728. The van der Waals surface area contributed by atoms with Crippen LogP contribution in [0.5, 0.6) is 5.75 Å². The Morgan fingerprint density at radius 3 is 2.41 bits per heavy atom. The highest BCUT2D eigenvalue weighted by Gasteiger charge is 2.03. The first kappa shape index (κ1) is 17.0. The molecular weight excluding hydrogens is 352 g/mol. The van der Waals surface area contributed by atoms with Gasteiger partial charge in [0.15, 0.2) is 0 Å². The van der Waals surface area contributed by atoms with E-state index in [1.54, 1.807) is 18.4 Å². The van der Waals surface area contributed by atoms with Gasteiger partial charge in [0.2, 0.25) is 5.13 Å². The first-order valence-electron chi connectivity index (χ1n) is 8.46. The molecule has 4 rings (SSSR count). The van der Waals surface area contributed by atoms with Crippen molar-refractivity contribution in [2.45, 2.75) is 0 Å². The minimum Gasteiger partial charge on any atom is -0.497 e. The molecule has 0 aliphatic carbocycles. The molecule has 3 aromatic carbocycles. The topological polar surface area (TPSA) is 34.5 Å². The van der Waals surface area contributed by atoms with Gasteiger partial charge < -0.3 is 4.74 Å². The third-order valence-corrected chi connectivity index (χ3v) is 4.87. The molecule has 0 radical (unpaired) electrons. The Morgan fingerprint density at radius 2 is 1.67 bits per heavy atom. The van der Waals surface area contributed by atoms with Crippen LogP contribution in [0, 0.1) is 11.8 Å². The molecule has 0 aliphatic heterocycles. The van der Waals surface area contributed by atoms with Gasteiger partial charge in [0.1, 0.15) is 5.75 Å². The highest BCUT2D eigenvalue weighted by atomic mass is 32.1. The van der Waals surface area contributed by atoms with Crippen molar-refractivity contribution in [1.82, 2.24) is 4.98 Å². The molecule has 0 unspecified atom stereocenters. The molecule has 4 heteroatoms. The monoisotopic (exact) mass is 368 g/mol. The molecule has 27 heavy (non-hydrogen) atoms. The van der Waals surface area contributed by atoms with Gasteiger partial charge in [0, 0.05) is 17.3 Å². The van der Waals surface area contributed by atoms with Crippen molar-refractivity contribution in [1.29, 1.82) is 0 Å². The van der Waals surface area contributed by atoms with Crippen LogP contribution in [-0.4, -0.2) is 18.3 Å². The maximum Gasteiger partial charge on any atom is 0.210 e. The number of nitrogens with zero attached hydrogens (tertiary/aromatic N) is 2. The van der Waals surface area contributed by atoms with E-state index in [9.17, 15) is 0 Å². The molecule has 0 saturated carbocycles. The van der Waals surface area contributed by atoms with Crippen LogP contribution < -0.4 is 4.74 Å². The van der Waals surface area contributed by atoms with E-state index in [0.29, 0.717) is 0 Å². The number of aromatic nitrogens is 1. The first-order chi connectivity index (χ1) is 13.3. The Kier molecular flexibility index (Phi) is 4.95. The molecule has 0 N–H and O–H groups in total. The molecule has 0 spiro atoms. The van der Waals surface area contributed by atoms with E-state index in [0.717, 1.165) is 37.8 Å². The van der Waals surface area contributed by atoms with Gasteiger partial charge in [-0.3, -0.25) is 0 Å². The van der Waals surface area contributed by atoms with E-state index in [2.05, 4.69) is 21.8 Å². The Labute approximate surface area is 162 Å². The van der Waals surface area contributed by atoms with Gasteiger partial charge in [0.25, 0.3) is 0 Å². The summed E-state index contributed by atoms with van der Waals surface area (Å²) in [6.45, 7) is 0. The average molecular weight is 368 g/mol. The highest BCUT2D eigenvalue weighted by molar-refractivity contribution is 7.22. The van der Waals surface area contributed by atoms with E-state index >= 15 is 0 Å². The van der Waals surface area contributed by atoms with Crippen LogP contribution in [-0.2, 0) is 0 Å². The summed E-state index contributed by atoms with van der Waals surface area (Å²) in [7, 11) is 1.66. The van der Waals surface area contributed by atoms with Gasteiger partial charge in [-0.2, -0.15) is 0 Å². The van der Waals surface area contributed by atoms with Gasteiger partial charge in [-0.05, 0) is 48.0 Å². The number of methoxy groups -OCH3 is 1. The van der Waals surface area contributed by atoms with Gasteiger partial charge in [0.05, 0.1) is 17.3 Å². The van der Waals surface area contributed by atoms with E-state index < -0.39 is 0 Å². The zero-order valence-corrected chi connectivity index (χ0v) is 15.5. The molecule has 0 atom stereocenters. The van der Waals surface area contributed by atoms with Crippen molar-refractivity contribution in [2.75, 3.05) is 7.11 Å². The van der Waals surface area contributed by atoms with E-state index in [4.69, 9.17) is 4.74 Å². The predicted molar refractivity (Wildman–Crippen MR) is 112 cm³/mol. The summed E-state index contributed by atoms with van der Waals surface area (Å²) in [5, 5.41) is 0.728. The number of hydrogen-bond donors (Lipinski definition) is 0. The lowest BCUT2D eigenvalue weighted by molar-refractivity contribution is 0.415. The molecule has 1 aromatic heterocycles.